The molecular weight excluding hydrogens is 444 g/mol. The second-order valence-corrected chi connectivity index (χ2v) is 9.04. The van der Waals surface area contributed by atoms with E-state index in [1.165, 1.54) is 32.4 Å². The Hall–Kier alpha value is -3.37. The van der Waals surface area contributed by atoms with Crippen LogP contribution in [0.15, 0.2) is 72.1 Å². The molecule has 2 N–H and O–H groups in total. The predicted molar refractivity (Wildman–Crippen MR) is 124 cm³/mol. The van der Waals surface area contributed by atoms with Crippen LogP contribution in [0.3, 0.4) is 0 Å². The first-order valence-corrected chi connectivity index (χ1v) is 11.9. The van der Waals surface area contributed by atoms with Gasteiger partial charge in [0.1, 0.15) is 6.04 Å². The molecular formula is C23H28N4O5S. The van der Waals surface area contributed by atoms with E-state index in [0.29, 0.717) is 25.3 Å². The highest BCUT2D eigenvalue weighted by Crippen LogP contribution is 2.29. The average molecular weight is 473 g/mol. The van der Waals surface area contributed by atoms with Crippen LogP contribution in [0.5, 0.6) is 11.5 Å². The molecule has 1 atom stereocenters. The van der Waals surface area contributed by atoms with Gasteiger partial charge in [0.05, 0.1) is 25.4 Å². The van der Waals surface area contributed by atoms with E-state index in [1.807, 2.05) is 41.1 Å². The van der Waals surface area contributed by atoms with Gasteiger partial charge in [-0.3, -0.25) is 4.79 Å². The molecule has 0 aliphatic heterocycles. The van der Waals surface area contributed by atoms with Gasteiger partial charge < -0.3 is 19.4 Å². The van der Waals surface area contributed by atoms with Gasteiger partial charge in [0.15, 0.2) is 11.5 Å². The number of rotatable bonds is 12. The van der Waals surface area contributed by atoms with Gasteiger partial charge in [-0.2, -0.15) is 4.72 Å². The zero-order valence-corrected chi connectivity index (χ0v) is 19.4. The second-order valence-electron chi connectivity index (χ2n) is 7.33. The van der Waals surface area contributed by atoms with E-state index < -0.39 is 22.0 Å². The largest absolute Gasteiger partial charge is 0.493 e. The van der Waals surface area contributed by atoms with Gasteiger partial charge in [0, 0.05) is 31.5 Å². The van der Waals surface area contributed by atoms with Crippen LogP contribution in [0.4, 0.5) is 0 Å². The van der Waals surface area contributed by atoms with Crippen LogP contribution in [0.2, 0.25) is 0 Å². The molecule has 0 radical (unpaired) electrons. The fraction of sp³-hybridized carbons (Fsp3) is 0.304. The van der Waals surface area contributed by atoms with Crippen LogP contribution in [0.1, 0.15) is 12.0 Å². The zero-order chi connectivity index (χ0) is 23.7. The van der Waals surface area contributed by atoms with E-state index in [1.54, 1.807) is 12.5 Å². The second kappa shape index (κ2) is 11.5. The van der Waals surface area contributed by atoms with E-state index in [9.17, 15) is 13.2 Å². The summed E-state index contributed by atoms with van der Waals surface area (Å²) in [5, 5.41) is 2.84. The first-order chi connectivity index (χ1) is 15.9. The standard InChI is InChI=1S/C23H28N4O5S/c1-31-21-10-9-19(16-22(21)32-2)33(29,30)26-20(15-18-7-4-3-5-8-18)23(28)25-11-6-13-27-14-12-24-17-27/h3-5,7-10,12,14,16-17,20,26H,6,11,13,15H2,1-2H3,(H,25,28)/t20-/m0/s1. The first kappa shape index (κ1) is 24.3. The third-order valence-corrected chi connectivity index (χ3v) is 6.48. The molecule has 3 aromatic rings. The molecule has 2 aromatic carbocycles. The molecule has 10 heteroatoms. The average Bonchev–Trinajstić information content (AvgIpc) is 3.35. The highest BCUT2D eigenvalue weighted by atomic mass is 32.2. The van der Waals surface area contributed by atoms with Crippen molar-refractivity contribution in [1.29, 1.82) is 0 Å². The number of methoxy groups -OCH3 is 2. The Morgan fingerprint density at radius 3 is 2.52 bits per heavy atom. The Morgan fingerprint density at radius 1 is 1.09 bits per heavy atom. The van der Waals surface area contributed by atoms with E-state index in [4.69, 9.17) is 9.47 Å². The summed E-state index contributed by atoms with van der Waals surface area (Å²) in [6.07, 6.45) is 6.13. The zero-order valence-electron chi connectivity index (χ0n) is 18.6. The van der Waals surface area contributed by atoms with Gasteiger partial charge in [0.25, 0.3) is 0 Å². The van der Waals surface area contributed by atoms with Crippen molar-refractivity contribution in [3.8, 4) is 11.5 Å². The first-order valence-electron chi connectivity index (χ1n) is 10.4. The molecule has 0 aliphatic rings. The number of carbonyl (C=O) groups is 1. The lowest BCUT2D eigenvalue weighted by molar-refractivity contribution is -0.122. The third kappa shape index (κ3) is 6.80. The normalized spacial score (nSPS) is 12.2. The number of aryl methyl sites for hydroxylation is 1. The highest BCUT2D eigenvalue weighted by molar-refractivity contribution is 7.89. The number of nitrogens with one attached hydrogen (secondary N) is 2. The number of amides is 1. The predicted octanol–water partition coefficient (Wildman–Crippen LogP) is 2.00. The fourth-order valence-corrected chi connectivity index (χ4v) is 4.50. The van der Waals surface area contributed by atoms with Crippen molar-refractivity contribution in [2.24, 2.45) is 0 Å². The summed E-state index contributed by atoms with van der Waals surface area (Å²) >= 11 is 0. The maximum Gasteiger partial charge on any atom is 0.241 e. The van der Waals surface area contributed by atoms with E-state index >= 15 is 0 Å². The molecule has 3 rings (SSSR count). The van der Waals surface area contributed by atoms with E-state index in [-0.39, 0.29) is 17.1 Å². The Kier molecular flexibility index (Phi) is 8.45. The monoisotopic (exact) mass is 472 g/mol. The van der Waals surface area contributed by atoms with Crippen molar-refractivity contribution in [2.75, 3.05) is 20.8 Å². The molecule has 176 valence electrons. The maximum atomic E-state index is 13.1. The van der Waals surface area contributed by atoms with Crippen LogP contribution >= 0.6 is 0 Å². The summed E-state index contributed by atoms with van der Waals surface area (Å²) in [6, 6.07) is 12.6. The number of carbonyl (C=O) groups excluding carboxylic acids is 1. The van der Waals surface area contributed by atoms with Gasteiger partial charge in [-0.05, 0) is 30.5 Å². The van der Waals surface area contributed by atoms with Crippen molar-refractivity contribution >= 4 is 15.9 Å². The molecule has 1 aromatic heterocycles. The van der Waals surface area contributed by atoms with Gasteiger partial charge >= 0.3 is 0 Å². The van der Waals surface area contributed by atoms with Crippen molar-refractivity contribution in [3.05, 3.63) is 72.8 Å². The minimum atomic E-state index is -4.01. The van der Waals surface area contributed by atoms with Crippen molar-refractivity contribution in [2.45, 2.75) is 30.3 Å². The number of benzene rings is 2. The van der Waals surface area contributed by atoms with Crippen LogP contribution in [0, 0.1) is 0 Å². The molecule has 1 heterocycles. The Bertz CT molecular complexity index is 1130. The smallest absolute Gasteiger partial charge is 0.241 e. The molecule has 0 saturated carbocycles. The topological polar surface area (TPSA) is 112 Å². The summed E-state index contributed by atoms with van der Waals surface area (Å²) in [4.78, 5) is 16.9. The van der Waals surface area contributed by atoms with Crippen LogP contribution < -0.4 is 19.5 Å². The summed E-state index contributed by atoms with van der Waals surface area (Å²) in [5.41, 5.74) is 0.839. The summed E-state index contributed by atoms with van der Waals surface area (Å²) in [7, 11) is -1.11. The number of ether oxygens (including phenoxy) is 2. The molecule has 33 heavy (non-hydrogen) atoms. The number of nitrogens with zero attached hydrogens (tertiary/aromatic N) is 2. The van der Waals surface area contributed by atoms with Gasteiger partial charge in [0.2, 0.25) is 15.9 Å². The van der Waals surface area contributed by atoms with Crippen LogP contribution in [-0.2, 0) is 27.8 Å². The van der Waals surface area contributed by atoms with Gasteiger partial charge in [-0.1, -0.05) is 30.3 Å². The number of aromatic nitrogens is 2. The summed E-state index contributed by atoms with van der Waals surface area (Å²) in [6.45, 7) is 1.10. The SMILES string of the molecule is COc1ccc(S(=O)(=O)N[C@@H](Cc2ccccc2)C(=O)NCCCn2ccnc2)cc1OC. The van der Waals surface area contributed by atoms with Gasteiger partial charge in [-0.15, -0.1) is 0 Å². The molecule has 1 amide bonds. The molecule has 9 nitrogen and oxygen atoms in total. The van der Waals surface area contributed by atoms with Crippen molar-refractivity contribution in [1.82, 2.24) is 19.6 Å². The number of imidazole rings is 1. The molecule has 0 unspecified atom stereocenters. The maximum absolute atomic E-state index is 13.1. The lowest BCUT2D eigenvalue weighted by Crippen LogP contribution is -2.48. The minimum absolute atomic E-state index is 0.0221. The molecule has 0 aliphatic carbocycles. The van der Waals surface area contributed by atoms with Crippen LogP contribution in [0.25, 0.3) is 0 Å². The lowest BCUT2D eigenvalue weighted by atomic mass is 10.1. The van der Waals surface area contributed by atoms with Crippen molar-refractivity contribution in [3.63, 3.8) is 0 Å². The van der Waals surface area contributed by atoms with Crippen molar-refractivity contribution < 1.29 is 22.7 Å². The fourth-order valence-electron chi connectivity index (χ4n) is 3.29. The quantitative estimate of drug-likeness (QED) is 0.390. The Balaban J connectivity index is 1.73. The van der Waals surface area contributed by atoms with E-state index in [0.717, 1.165) is 5.56 Å². The number of hydrogen-bond acceptors (Lipinski definition) is 6. The summed E-state index contributed by atoms with van der Waals surface area (Å²) in [5.74, 6) is 0.297. The number of sulfonamides is 1. The third-order valence-electron chi connectivity index (χ3n) is 5.01. The lowest BCUT2D eigenvalue weighted by Gasteiger charge is -2.19. The minimum Gasteiger partial charge on any atom is -0.493 e. The van der Waals surface area contributed by atoms with Gasteiger partial charge in [-0.25, -0.2) is 13.4 Å². The summed E-state index contributed by atoms with van der Waals surface area (Å²) < 4.78 is 41.0. The van der Waals surface area contributed by atoms with Crippen LogP contribution in [-0.4, -0.2) is 50.7 Å². The molecule has 0 fully saturated rings. The van der Waals surface area contributed by atoms with E-state index in [2.05, 4.69) is 15.0 Å². The Morgan fingerprint density at radius 2 is 1.85 bits per heavy atom. The Labute approximate surface area is 193 Å². The molecule has 0 saturated heterocycles. The molecule has 0 spiro atoms. The molecule has 0 bridgehead atoms. The highest BCUT2D eigenvalue weighted by Gasteiger charge is 2.26. The number of hydrogen-bond donors (Lipinski definition) is 2.